The number of hydrogen-bond acceptors (Lipinski definition) is 3. The number of benzene rings is 3. The third-order valence-electron chi connectivity index (χ3n) is 3.63. The molecule has 3 aromatic rings. The minimum atomic E-state index is -3.85. The van der Waals surface area contributed by atoms with Crippen LogP contribution in [0.2, 0.25) is 5.02 Å². The first-order valence-corrected chi connectivity index (χ1v) is 9.65. The van der Waals surface area contributed by atoms with Crippen molar-refractivity contribution in [3.05, 3.63) is 89.2 Å². The van der Waals surface area contributed by atoms with Crippen LogP contribution in [0.25, 0.3) is 0 Å². The second-order valence-electron chi connectivity index (χ2n) is 5.60. The number of nitrogens with one attached hydrogen (secondary N) is 2. The van der Waals surface area contributed by atoms with Gasteiger partial charge in [0.2, 0.25) is 0 Å². The third kappa shape index (κ3) is 4.84. The minimum absolute atomic E-state index is 0.0616. The molecular formula is C19H14ClFN2O3S. The van der Waals surface area contributed by atoms with Gasteiger partial charge in [0.05, 0.1) is 4.90 Å². The highest BCUT2D eigenvalue weighted by Gasteiger charge is 2.14. The normalized spacial score (nSPS) is 11.0. The van der Waals surface area contributed by atoms with Gasteiger partial charge in [0, 0.05) is 22.0 Å². The third-order valence-corrected chi connectivity index (χ3v) is 5.27. The number of halogens is 2. The molecule has 0 aromatic heterocycles. The Kier molecular flexibility index (Phi) is 5.43. The van der Waals surface area contributed by atoms with Crippen molar-refractivity contribution in [2.45, 2.75) is 4.90 Å². The number of carbonyl (C=O) groups excluding carboxylic acids is 1. The van der Waals surface area contributed by atoms with Gasteiger partial charge in [0.1, 0.15) is 5.82 Å². The van der Waals surface area contributed by atoms with E-state index in [1.54, 1.807) is 24.3 Å². The van der Waals surface area contributed by atoms with Crippen LogP contribution in [-0.2, 0) is 10.0 Å². The predicted molar refractivity (Wildman–Crippen MR) is 103 cm³/mol. The maximum absolute atomic E-state index is 12.9. The summed E-state index contributed by atoms with van der Waals surface area (Å²) in [7, 11) is -3.85. The fourth-order valence-electron chi connectivity index (χ4n) is 2.25. The molecule has 2 N–H and O–H groups in total. The van der Waals surface area contributed by atoms with Crippen LogP contribution in [0.3, 0.4) is 0 Å². The van der Waals surface area contributed by atoms with Gasteiger partial charge in [-0.3, -0.25) is 9.52 Å². The molecule has 0 spiro atoms. The topological polar surface area (TPSA) is 75.3 Å². The Bertz CT molecular complexity index is 1050. The molecule has 8 heteroatoms. The van der Waals surface area contributed by atoms with Crippen LogP contribution in [0.4, 0.5) is 15.8 Å². The van der Waals surface area contributed by atoms with E-state index in [0.29, 0.717) is 16.3 Å². The van der Waals surface area contributed by atoms with Gasteiger partial charge < -0.3 is 5.32 Å². The fraction of sp³-hybridized carbons (Fsp3) is 0. The van der Waals surface area contributed by atoms with Crippen LogP contribution < -0.4 is 10.0 Å². The van der Waals surface area contributed by atoms with E-state index in [1.165, 1.54) is 36.4 Å². The Hall–Kier alpha value is -2.90. The Morgan fingerprint density at radius 3 is 1.96 bits per heavy atom. The van der Waals surface area contributed by atoms with E-state index in [9.17, 15) is 17.6 Å². The average molecular weight is 405 g/mol. The molecule has 3 aromatic carbocycles. The molecule has 0 aliphatic rings. The smallest absolute Gasteiger partial charge is 0.261 e. The highest BCUT2D eigenvalue weighted by Crippen LogP contribution is 2.18. The first-order chi connectivity index (χ1) is 12.8. The van der Waals surface area contributed by atoms with Crippen molar-refractivity contribution in [1.82, 2.24) is 0 Å². The molecule has 0 heterocycles. The lowest BCUT2D eigenvalue weighted by Crippen LogP contribution is -2.14. The Morgan fingerprint density at radius 1 is 0.815 bits per heavy atom. The lowest BCUT2D eigenvalue weighted by atomic mass is 10.2. The Labute approximate surface area is 160 Å². The van der Waals surface area contributed by atoms with Gasteiger partial charge in [0.15, 0.2) is 0 Å². The molecule has 0 saturated carbocycles. The van der Waals surface area contributed by atoms with Crippen LogP contribution in [0.15, 0.2) is 77.7 Å². The molecule has 0 fully saturated rings. The molecule has 1 amide bonds. The molecule has 0 atom stereocenters. The molecule has 27 heavy (non-hydrogen) atoms. The van der Waals surface area contributed by atoms with Crippen molar-refractivity contribution in [3.8, 4) is 0 Å². The maximum Gasteiger partial charge on any atom is 0.261 e. The van der Waals surface area contributed by atoms with Crippen LogP contribution >= 0.6 is 11.6 Å². The van der Waals surface area contributed by atoms with Crippen molar-refractivity contribution >= 4 is 38.9 Å². The van der Waals surface area contributed by atoms with Crippen LogP contribution in [-0.4, -0.2) is 14.3 Å². The summed E-state index contributed by atoms with van der Waals surface area (Å²) in [5.74, 6) is -0.865. The lowest BCUT2D eigenvalue weighted by Gasteiger charge is -2.09. The first-order valence-electron chi connectivity index (χ1n) is 7.79. The van der Waals surface area contributed by atoms with Gasteiger partial charge in [-0.25, -0.2) is 12.8 Å². The zero-order valence-electron chi connectivity index (χ0n) is 13.8. The first kappa shape index (κ1) is 18.9. The molecule has 0 saturated heterocycles. The summed E-state index contributed by atoms with van der Waals surface area (Å²) in [6.07, 6.45) is 0. The van der Waals surface area contributed by atoms with Gasteiger partial charge in [-0.1, -0.05) is 11.6 Å². The molecule has 138 valence electrons. The summed E-state index contributed by atoms with van der Waals surface area (Å²) < 4.78 is 39.9. The Morgan fingerprint density at radius 2 is 1.37 bits per heavy atom. The van der Waals surface area contributed by atoms with E-state index in [-0.39, 0.29) is 16.5 Å². The summed E-state index contributed by atoms with van der Waals surface area (Å²) in [5.41, 5.74) is 1.22. The summed E-state index contributed by atoms with van der Waals surface area (Å²) in [4.78, 5) is 12.2. The van der Waals surface area contributed by atoms with Crippen molar-refractivity contribution in [3.63, 3.8) is 0 Å². The minimum Gasteiger partial charge on any atom is -0.322 e. The van der Waals surface area contributed by atoms with E-state index in [0.717, 1.165) is 12.1 Å². The van der Waals surface area contributed by atoms with Gasteiger partial charge in [-0.15, -0.1) is 0 Å². The van der Waals surface area contributed by atoms with Crippen molar-refractivity contribution in [2.24, 2.45) is 0 Å². The number of hydrogen-bond donors (Lipinski definition) is 2. The molecule has 0 radical (unpaired) electrons. The van der Waals surface area contributed by atoms with Crippen LogP contribution in [0.1, 0.15) is 10.4 Å². The van der Waals surface area contributed by atoms with Crippen molar-refractivity contribution in [2.75, 3.05) is 10.0 Å². The predicted octanol–water partition coefficient (Wildman–Crippen LogP) is 4.53. The fourth-order valence-corrected chi connectivity index (χ4v) is 3.44. The zero-order chi connectivity index (χ0) is 19.4. The lowest BCUT2D eigenvalue weighted by molar-refractivity contribution is 0.102. The van der Waals surface area contributed by atoms with E-state index >= 15 is 0 Å². The summed E-state index contributed by atoms with van der Waals surface area (Å²) in [5, 5.41) is 3.27. The monoisotopic (exact) mass is 404 g/mol. The molecule has 0 aliphatic carbocycles. The molecule has 0 aliphatic heterocycles. The molecule has 5 nitrogen and oxygen atoms in total. The Balaban J connectivity index is 1.70. The van der Waals surface area contributed by atoms with Gasteiger partial charge in [-0.05, 0) is 72.8 Å². The van der Waals surface area contributed by atoms with Crippen LogP contribution in [0.5, 0.6) is 0 Å². The molecule has 3 rings (SSSR count). The van der Waals surface area contributed by atoms with E-state index in [1.807, 2.05) is 0 Å². The van der Waals surface area contributed by atoms with Gasteiger partial charge >= 0.3 is 0 Å². The summed E-state index contributed by atoms with van der Waals surface area (Å²) in [6, 6.07) is 17.1. The number of carbonyl (C=O) groups is 1. The number of anilines is 2. The molecular weight excluding hydrogens is 391 g/mol. The zero-order valence-corrected chi connectivity index (χ0v) is 15.4. The number of rotatable bonds is 5. The van der Waals surface area contributed by atoms with E-state index in [4.69, 9.17) is 11.6 Å². The second kappa shape index (κ2) is 7.77. The second-order valence-corrected chi connectivity index (χ2v) is 7.72. The maximum atomic E-state index is 12.9. The standard InChI is InChI=1S/C19H14ClFN2O3S/c20-14-3-9-16(10-4-14)22-19(24)13-1-7-17(8-2-13)23-27(25,26)18-11-5-15(21)6-12-18/h1-12,23H,(H,22,24). The number of amides is 1. The highest BCUT2D eigenvalue weighted by atomic mass is 35.5. The van der Waals surface area contributed by atoms with Gasteiger partial charge in [-0.2, -0.15) is 0 Å². The largest absolute Gasteiger partial charge is 0.322 e. The highest BCUT2D eigenvalue weighted by molar-refractivity contribution is 7.92. The van der Waals surface area contributed by atoms with Crippen molar-refractivity contribution in [1.29, 1.82) is 0 Å². The average Bonchev–Trinajstić information content (AvgIpc) is 2.64. The number of sulfonamides is 1. The van der Waals surface area contributed by atoms with Gasteiger partial charge in [0.25, 0.3) is 15.9 Å². The quantitative estimate of drug-likeness (QED) is 0.655. The van der Waals surface area contributed by atoms with Crippen LogP contribution in [0, 0.1) is 5.82 Å². The van der Waals surface area contributed by atoms with E-state index < -0.39 is 15.8 Å². The SMILES string of the molecule is O=C(Nc1ccc(Cl)cc1)c1ccc(NS(=O)(=O)c2ccc(F)cc2)cc1. The molecule has 0 bridgehead atoms. The molecule has 0 unspecified atom stereocenters. The van der Waals surface area contributed by atoms with Crippen molar-refractivity contribution < 1.29 is 17.6 Å². The van der Waals surface area contributed by atoms with E-state index in [2.05, 4.69) is 10.0 Å². The summed E-state index contributed by atoms with van der Waals surface area (Å²) in [6.45, 7) is 0. The summed E-state index contributed by atoms with van der Waals surface area (Å²) >= 11 is 5.80.